The standard InChI is InChI=1S/C15H12F4O2.C12H15N5O2S/c1-20-10-4-5-13(16)11(8-10)12-7-9(15(17,18)19)3-6-14(12)21-2;13-20(18,19)16-8-5-11-10(9-16)3-2-7-17(11)12-4-1-6-14-15-12/h3-8H,1-2H3;1-4,6H,5,7-9H2,(H2,13,18,19). The van der Waals surface area contributed by atoms with Gasteiger partial charge in [-0.1, -0.05) is 12.2 Å². The molecule has 2 aliphatic heterocycles. The Kier molecular flexibility index (Phi) is 8.95. The van der Waals surface area contributed by atoms with Crippen molar-refractivity contribution >= 4 is 16.0 Å². The first-order valence-corrected chi connectivity index (χ1v) is 13.7. The molecule has 1 aromatic heterocycles. The number of hydrogen-bond acceptors (Lipinski definition) is 7. The summed E-state index contributed by atoms with van der Waals surface area (Å²) >= 11 is 0. The minimum Gasteiger partial charge on any atom is -0.497 e. The highest BCUT2D eigenvalue weighted by atomic mass is 32.2. The molecule has 0 saturated heterocycles. The van der Waals surface area contributed by atoms with E-state index >= 15 is 0 Å². The number of methoxy groups -OCH3 is 2. The summed E-state index contributed by atoms with van der Waals surface area (Å²) in [6.45, 7) is 1.41. The van der Waals surface area contributed by atoms with E-state index in [2.05, 4.69) is 15.1 Å². The van der Waals surface area contributed by atoms with Crippen LogP contribution < -0.4 is 19.5 Å². The number of nitrogens with zero attached hydrogens (tertiary/aromatic N) is 4. The highest BCUT2D eigenvalue weighted by Gasteiger charge is 2.32. The average Bonchev–Trinajstić information content (AvgIpc) is 2.96. The van der Waals surface area contributed by atoms with E-state index in [1.807, 2.05) is 24.3 Å². The molecule has 0 radical (unpaired) electrons. The summed E-state index contributed by atoms with van der Waals surface area (Å²) in [4.78, 5) is 2.06. The zero-order valence-electron chi connectivity index (χ0n) is 22.1. The lowest BCUT2D eigenvalue weighted by molar-refractivity contribution is -0.137. The van der Waals surface area contributed by atoms with Crippen LogP contribution in [0.15, 0.2) is 78.1 Å². The molecule has 0 atom stereocenters. The Morgan fingerprint density at radius 1 is 1.02 bits per heavy atom. The maximum absolute atomic E-state index is 13.9. The van der Waals surface area contributed by atoms with Gasteiger partial charge in [-0.05, 0) is 54.1 Å². The lowest BCUT2D eigenvalue weighted by atomic mass is 10.0. The number of anilines is 1. The van der Waals surface area contributed by atoms with Gasteiger partial charge in [0.05, 0.1) is 19.8 Å². The molecule has 218 valence electrons. The molecule has 0 amide bonds. The molecule has 5 rings (SSSR count). The van der Waals surface area contributed by atoms with Crippen LogP contribution >= 0.6 is 0 Å². The molecular formula is C27H27F4N5O4S. The molecule has 0 bridgehead atoms. The smallest absolute Gasteiger partial charge is 0.416 e. The Morgan fingerprint density at radius 2 is 1.80 bits per heavy atom. The quantitative estimate of drug-likeness (QED) is 0.433. The van der Waals surface area contributed by atoms with Crippen molar-refractivity contribution < 1.29 is 35.5 Å². The molecular weight excluding hydrogens is 566 g/mol. The molecule has 41 heavy (non-hydrogen) atoms. The summed E-state index contributed by atoms with van der Waals surface area (Å²) in [6.07, 6.45) is 1.67. The van der Waals surface area contributed by atoms with Crippen LogP contribution in [-0.4, -0.2) is 56.8 Å². The summed E-state index contributed by atoms with van der Waals surface area (Å²) in [6, 6.07) is 10.5. The van der Waals surface area contributed by atoms with E-state index in [0.717, 1.165) is 41.4 Å². The molecule has 3 heterocycles. The molecule has 0 saturated carbocycles. The van der Waals surface area contributed by atoms with Crippen LogP contribution in [0.2, 0.25) is 0 Å². The number of benzene rings is 2. The topological polar surface area (TPSA) is 111 Å². The molecule has 2 aliphatic rings. The van der Waals surface area contributed by atoms with Crippen LogP contribution in [0.4, 0.5) is 23.4 Å². The van der Waals surface area contributed by atoms with Crippen molar-refractivity contribution in [3.63, 3.8) is 0 Å². The molecule has 2 aromatic carbocycles. The normalized spacial score (nSPS) is 15.6. The van der Waals surface area contributed by atoms with Gasteiger partial charge in [0, 0.05) is 49.1 Å². The molecule has 2 N–H and O–H groups in total. The molecule has 0 spiro atoms. The summed E-state index contributed by atoms with van der Waals surface area (Å²) < 4.78 is 86.5. The zero-order chi connectivity index (χ0) is 29.8. The molecule has 0 unspecified atom stereocenters. The highest BCUT2D eigenvalue weighted by Crippen LogP contribution is 2.39. The second-order valence-corrected chi connectivity index (χ2v) is 10.5. The summed E-state index contributed by atoms with van der Waals surface area (Å²) in [7, 11) is -0.941. The minimum absolute atomic E-state index is 0.0164. The van der Waals surface area contributed by atoms with Gasteiger partial charge in [-0.2, -0.15) is 31.0 Å². The van der Waals surface area contributed by atoms with E-state index in [1.54, 1.807) is 6.20 Å². The van der Waals surface area contributed by atoms with Gasteiger partial charge in [-0.15, -0.1) is 5.10 Å². The van der Waals surface area contributed by atoms with Gasteiger partial charge in [-0.25, -0.2) is 9.53 Å². The van der Waals surface area contributed by atoms with Crippen molar-refractivity contribution in [1.82, 2.24) is 14.5 Å². The van der Waals surface area contributed by atoms with Gasteiger partial charge in [0.2, 0.25) is 0 Å². The Balaban J connectivity index is 0.000000189. The van der Waals surface area contributed by atoms with Gasteiger partial charge >= 0.3 is 6.18 Å². The maximum atomic E-state index is 13.9. The van der Waals surface area contributed by atoms with Crippen LogP contribution in [0.5, 0.6) is 11.5 Å². The fourth-order valence-corrected chi connectivity index (χ4v) is 5.10. The van der Waals surface area contributed by atoms with Crippen LogP contribution in [0, 0.1) is 5.82 Å². The second kappa shape index (κ2) is 12.2. The number of ether oxygens (including phenoxy) is 2. The van der Waals surface area contributed by atoms with Crippen LogP contribution in [0.1, 0.15) is 12.0 Å². The molecule has 0 aliphatic carbocycles. The molecule has 9 nitrogen and oxygen atoms in total. The van der Waals surface area contributed by atoms with Crippen molar-refractivity contribution in [2.75, 3.05) is 38.8 Å². The number of alkyl halides is 3. The van der Waals surface area contributed by atoms with Gasteiger partial charge < -0.3 is 14.4 Å². The highest BCUT2D eigenvalue weighted by molar-refractivity contribution is 7.86. The lowest BCUT2D eigenvalue weighted by Gasteiger charge is -2.35. The third kappa shape index (κ3) is 7.01. The van der Waals surface area contributed by atoms with Crippen LogP contribution in [0.25, 0.3) is 11.1 Å². The number of hydrogen-bond donors (Lipinski definition) is 1. The van der Waals surface area contributed by atoms with Crippen LogP contribution in [-0.2, 0) is 16.4 Å². The second-order valence-electron chi connectivity index (χ2n) is 8.95. The third-order valence-corrected chi connectivity index (χ3v) is 7.46. The zero-order valence-corrected chi connectivity index (χ0v) is 22.9. The Bertz CT molecular complexity index is 1560. The SMILES string of the molecule is COc1ccc(F)c(-c2cc(C(F)(F)F)ccc2OC)c1.NS(=O)(=O)N1CCC2=C(C=CCN2c2cccnn2)C1. The monoisotopic (exact) mass is 593 g/mol. The van der Waals surface area contributed by atoms with Crippen molar-refractivity contribution in [1.29, 1.82) is 0 Å². The van der Waals surface area contributed by atoms with E-state index in [1.165, 1.54) is 30.7 Å². The van der Waals surface area contributed by atoms with Crippen molar-refractivity contribution in [2.45, 2.75) is 12.6 Å². The predicted molar refractivity (Wildman–Crippen MR) is 145 cm³/mol. The van der Waals surface area contributed by atoms with E-state index < -0.39 is 27.8 Å². The van der Waals surface area contributed by atoms with Crippen molar-refractivity contribution in [2.24, 2.45) is 5.14 Å². The summed E-state index contributed by atoms with van der Waals surface area (Å²) in [5, 5.41) is 13.2. The number of rotatable bonds is 5. The van der Waals surface area contributed by atoms with Gasteiger partial charge in [-0.3, -0.25) is 0 Å². The first-order chi connectivity index (χ1) is 19.4. The maximum Gasteiger partial charge on any atom is 0.416 e. The fourth-order valence-electron chi connectivity index (χ4n) is 4.44. The fraction of sp³-hybridized carbons (Fsp3) is 0.259. The number of aromatic nitrogens is 2. The minimum atomic E-state index is -4.52. The number of nitrogens with two attached hydrogens (primary N) is 1. The third-order valence-electron chi connectivity index (χ3n) is 6.43. The van der Waals surface area contributed by atoms with E-state index in [4.69, 9.17) is 14.6 Å². The first kappa shape index (κ1) is 30.0. The van der Waals surface area contributed by atoms with E-state index in [0.29, 0.717) is 31.8 Å². The average molecular weight is 594 g/mol. The van der Waals surface area contributed by atoms with Crippen LogP contribution in [0.3, 0.4) is 0 Å². The molecule has 0 fully saturated rings. The van der Waals surface area contributed by atoms with Crippen molar-refractivity contribution in [3.05, 3.63) is 89.5 Å². The van der Waals surface area contributed by atoms with Gasteiger partial charge in [0.1, 0.15) is 17.3 Å². The van der Waals surface area contributed by atoms with Gasteiger partial charge in [0.15, 0.2) is 5.82 Å². The van der Waals surface area contributed by atoms with Gasteiger partial charge in [0.25, 0.3) is 10.2 Å². The first-order valence-electron chi connectivity index (χ1n) is 12.2. The predicted octanol–water partition coefficient (Wildman–Crippen LogP) is 4.54. The van der Waals surface area contributed by atoms with Crippen molar-refractivity contribution in [3.8, 4) is 22.6 Å². The summed E-state index contributed by atoms with van der Waals surface area (Å²) in [5.41, 5.74) is 1.18. The largest absolute Gasteiger partial charge is 0.497 e. The Labute approximate surface area is 234 Å². The summed E-state index contributed by atoms with van der Waals surface area (Å²) in [5.74, 6) is 0.600. The number of halogens is 4. The molecule has 14 heteroatoms. The van der Waals surface area contributed by atoms with E-state index in [-0.39, 0.29) is 16.9 Å². The Hall–Kier alpha value is -4.01. The van der Waals surface area contributed by atoms with E-state index in [9.17, 15) is 26.0 Å². The Morgan fingerprint density at radius 3 is 2.44 bits per heavy atom. The lowest BCUT2D eigenvalue weighted by Crippen LogP contribution is -2.44. The molecule has 3 aromatic rings.